The molecular weight excluding hydrogens is 271 g/mol. The molecule has 21 heavy (non-hydrogen) atoms. The maximum Gasteiger partial charge on any atom is 0.255 e. The van der Waals surface area contributed by atoms with Gasteiger partial charge in [-0.15, -0.1) is 0 Å². The summed E-state index contributed by atoms with van der Waals surface area (Å²) in [7, 11) is 0. The summed E-state index contributed by atoms with van der Waals surface area (Å²) in [6.07, 6.45) is 0. The normalized spacial score (nSPS) is 9.76. The van der Waals surface area contributed by atoms with Crippen LogP contribution in [0.1, 0.15) is 22.8 Å². The number of hydrogen-bond donors (Lipinski definition) is 1. The first-order valence-electron chi connectivity index (χ1n) is 6.38. The number of nitriles is 1. The van der Waals surface area contributed by atoms with E-state index in [4.69, 9.17) is 10.00 Å². The zero-order valence-corrected chi connectivity index (χ0v) is 11.4. The molecule has 0 unspecified atom stereocenters. The summed E-state index contributed by atoms with van der Waals surface area (Å²) in [4.78, 5) is 12.1. The molecular formula is C16H13FN2O2. The molecule has 0 saturated carbocycles. The fraction of sp³-hybridized carbons (Fsp3) is 0.125. The van der Waals surface area contributed by atoms with E-state index in [0.717, 1.165) is 0 Å². The van der Waals surface area contributed by atoms with Gasteiger partial charge in [0.1, 0.15) is 11.6 Å². The van der Waals surface area contributed by atoms with Gasteiger partial charge in [0, 0.05) is 11.6 Å². The highest BCUT2D eigenvalue weighted by Crippen LogP contribution is 2.26. The Hall–Kier alpha value is -2.87. The van der Waals surface area contributed by atoms with Crippen LogP contribution in [0.2, 0.25) is 0 Å². The smallest absolute Gasteiger partial charge is 0.255 e. The quantitative estimate of drug-likeness (QED) is 0.936. The third-order valence-corrected chi connectivity index (χ3v) is 2.77. The Morgan fingerprint density at radius 3 is 2.62 bits per heavy atom. The summed E-state index contributed by atoms with van der Waals surface area (Å²) in [6.45, 7) is 2.14. The SMILES string of the molecule is CCOc1cc(F)ccc1NC(=O)c1ccc(C#N)cc1. The third kappa shape index (κ3) is 3.57. The van der Waals surface area contributed by atoms with Crippen molar-refractivity contribution in [2.45, 2.75) is 6.92 Å². The van der Waals surface area contributed by atoms with Gasteiger partial charge >= 0.3 is 0 Å². The summed E-state index contributed by atoms with van der Waals surface area (Å²) in [6, 6.07) is 12.1. The molecule has 2 aromatic carbocycles. The van der Waals surface area contributed by atoms with Crippen LogP contribution in [0.5, 0.6) is 5.75 Å². The van der Waals surface area contributed by atoms with E-state index < -0.39 is 5.82 Å². The van der Waals surface area contributed by atoms with E-state index in [0.29, 0.717) is 23.4 Å². The Bertz CT molecular complexity index is 690. The summed E-state index contributed by atoms with van der Waals surface area (Å²) < 4.78 is 18.5. The number of nitrogens with one attached hydrogen (secondary N) is 1. The summed E-state index contributed by atoms with van der Waals surface area (Å²) in [5.41, 5.74) is 1.27. The first kappa shape index (κ1) is 14.5. The highest BCUT2D eigenvalue weighted by atomic mass is 19.1. The van der Waals surface area contributed by atoms with Crippen molar-refractivity contribution in [1.82, 2.24) is 0 Å². The minimum Gasteiger partial charge on any atom is -0.492 e. The number of nitrogens with zero attached hydrogens (tertiary/aromatic N) is 1. The molecule has 0 spiro atoms. The van der Waals surface area contributed by atoms with Crippen molar-refractivity contribution in [2.75, 3.05) is 11.9 Å². The minimum atomic E-state index is -0.435. The van der Waals surface area contributed by atoms with Gasteiger partial charge in [-0.3, -0.25) is 4.79 Å². The minimum absolute atomic E-state index is 0.277. The second-order valence-electron chi connectivity index (χ2n) is 4.22. The lowest BCUT2D eigenvalue weighted by Gasteiger charge is -2.11. The Balaban J connectivity index is 2.20. The van der Waals surface area contributed by atoms with E-state index >= 15 is 0 Å². The maximum atomic E-state index is 13.2. The number of benzene rings is 2. The average Bonchev–Trinajstić information content (AvgIpc) is 2.50. The molecule has 0 bridgehead atoms. The van der Waals surface area contributed by atoms with E-state index in [9.17, 15) is 9.18 Å². The first-order chi connectivity index (χ1) is 10.1. The van der Waals surface area contributed by atoms with Crippen LogP contribution in [0.25, 0.3) is 0 Å². The van der Waals surface area contributed by atoms with Gasteiger partial charge in [-0.05, 0) is 43.3 Å². The van der Waals surface area contributed by atoms with Crippen molar-refractivity contribution in [2.24, 2.45) is 0 Å². The third-order valence-electron chi connectivity index (χ3n) is 2.77. The highest BCUT2D eigenvalue weighted by molar-refractivity contribution is 6.05. The molecule has 0 heterocycles. The number of carbonyl (C=O) groups is 1. The molecule has 1 N–H and O–H groups in total. The number of anilines is 1. The summed E-state index contributed by atoms with van der Waals surface area (Å²) in [5.74, 6) is -0.513. The summed E-state index contributed by atoms with van der Waals surface area (Å²) in [5, 5.41) is 11.4. The zero-order valence-electron chi connectivity index (χ0n) is 11.4. The van der Waals surface area contributed by atoms with Gasteiger partial charge in [0.2, 0.25) is 0 Å². The number of rotatable bonds is 4. The number of ether oxygens (including phenoxy) is 1. The van der Waals surface area contributed by atoms with Crippen molar-refractivity contribution in [3.63, 3.8) is 0 Å². The lowest BCUT2D eigenvalue weighted by Crippen LogP contribution is -2.13. The second kappa shape index (κ2) is 6.53. The van der Waals surface area contributed by atoms with E-state index in [2.05, 4.69) is 5.32 Å². The van der Waals surface area contributed by atoms with Crippen LogP contribution in [0.3, 0.4) is 0 Å². The first-order valence-corrected chi connectivity index (χ1v) is 6.38. The van der Waals surface area contributed by atoms with Crippen LogP contribution in [0.15, 0.2) is 42.5 Å². The van der Waals surface area contributed by atoms with E-state index in [1.54, 1.807) is 31.2 Å². The largest absolute Gasteiger partial charge is 0.492 e. The van der Waals surface area contributed by atoms with E-state index in [-0.39, 0.29) is 11.7 Å². The molecule has 0 atom stereocenters. The molecule has 4 nitrogen and oxygen atoms in total. The maximum absolute atomic E-state index is 13.2. The van der Waals surface area contributed by atoms with E-state index in [1.807, 2.05) is 6.07 Å². The van der Waals surface area contributed by atoms with Crippen LogP contribution in [0.4, 0.5) is 10.1 Å². The number of carbonyl (C=O) groups excluding carboxylic acids is 1. The number of halogens is 1. The Morgan fingerprint density at radius 1 is 1.29 bits per heavy atom. The van der Waals surface area contributed by atoms with Crippen molar-refractivity contribution in [3.8, 4) is 11.8 Å². The molecule has 1 amide bonds. The van der Waals surface area contributed by atoms with Crippen LogP contribution in [-0.4, -0.2) is 12.5 Å². The van der Waals surface area contributed by atoms with Gasteiger partial charge in [0.05, 0.1) is 23.9 Å². The van der Waals surface area contributed by atoms with Gasteiger partial charge in [-0.25, -0.2) is 4.39 Å². The van der Waals surface area contributed by atoms with Crippen LogP contribution < -0.4 is 10.1 Å². The monoisotopic (exact) mass is 284 g/mol. The Kier molecular flexibility index (Phi) is 4.52. The van der Waals surface area contributed by atoms with Crippen molar-refractivity contribution >= 4 is 11.6 Å². The fourth-order valence-corrected chi connectivity index (χ4v) is 1.76. The molecule has 2 rings (SSSR count). The molecule has 0 fully saturated rings. The number of hydrogen-bond acceptors (Lipinski definition) is 3. The molecule has 0 aliphatic rings. The topological polar surface area (TPSA) is 62.1 Å². The fourth-order valence-electron chi connectivity index (χ4n) is 1.76. The molecule has 0 radical (unpaired) electrons. The molecule has 0 aliphatic heterocycles. The van der Waals surface area contributed by atoms with E-state index in [1.165, 1.54) is 18.2 Å². The van der Waals surface area contributed by atoms with Gasteiger partial charge < -0.3 is 10.1 Å². The molecule has 106 valence electrons. The van der Waals surface area contributed by atoms with Crippen LogP contribution in [-0.2, 0) is 0 Å². The van der Waals surface area contributed by atoms with Crippen molar-refractivity contribution in [3.05, 3.63) is 59.4 Å². The molecule has 0 aliphatic carbocycles. The van der Waals surface area contributed by atoms with Crippen LogP contribution in [0, 0.1) is 17.1 Å². The predicted molar refractivity (Wildman–Crippen MR) is 76.7 cm³/mol. The van der Waals surface area contributed by atoms with Crippen LogP contribution >= 0.6 is 0 Å². The average molecular weight is 284 g/mol. The summed E-state index contributed by atoms with van der Waals surface area (Å²) >= 11 is 0. The molecule has 2 aromatic rings. The Morgan fingerprint density at radius 2 is 2.00 bits per heavy atom. The number of amides is 1. The highest BCUT2D eigenvalue weighted by Gasteiger charge is 2.11. The standard InChI is InChI=1S/C16H13FN2O2/c1-2-21-15-9-13(17)7-8-14(15)19-16(20)12-5-3-11(10-18)4-6-12/h3-9H,2H2,1H3,(H,19,20). The van der Waals surface area contributed by atoms with Crippen molar-refractivity contribution in [1.29, 1.82) is 5.26 Å². The van der Waals surface area contributed by atoms with Gasteiger partial charge in [-0.1, -0.05) is 0 Å². The van der Waals surface area contributed by atoms with Gasteiger partial charge in [-0.2, -0.15) is 5.26 Å². The molecule has 0 saturated heterocycles. The zero-order chi connectivity index (χ0) is 15.2. The van der Waals surface area contributed by atoms with Gasteiger partial charge in [0.25, 0.3) is 5.91 Å². The van der Waals surface area contributed by atoms with Gasteiger partial charge in [0.15, 0.2) is 0 Å². The molecule has 0 aromatic heterocycles. The predicted octanol–water partition coefficient (Wildman–Crippen LogP) is 3.35. The lowest BCUT2D eigenvalue weighted by molar-refractivity contribution is 0.102. The lowest BCUT2D eigenvalue weighted by atomic mass is 10.1. The van der Waals surface area contributed by atoms with Crippen molar-refractivity contribution < 1.29 is 13.9 Å². The second-order valence-corrected chi connectivity index (χ2v) is 4.22. The Labute approximate surface area is 121 Å². The molecule has 5 heteroatoms.